The number of hydrogen-bond acceptors (Lipinski definition) is 3. The zero-order valence-electron chi connectivity index (χ0n) is 12.1. The summed E-state index contributed by atoms with van der Waals surface area (Å²) in [5.41, 5.74) is 0. The summed E-state index contributed by atoms with van der Waals surface area (Å²) in [7, 11) is 1.72. The van der Waals surface area contributed by atoms with Crippen molar-refractivity contribution in [1.29, 1.82) is 0 Å². The Hall–Kier alpha value is -0.570. The molecule has 0 spiro atoms. The molecule has 2 aliphatic heterocycles. The molecule has 2 rings (SSSR count). The number of halogens is 1. The number of ether oxygens (including phenoxy) is 1. The molecular formula is C13H25IN4O2. The van der Waals surface area contributed by atoms with E-state index >= 15 is 0 Å². The molecule has 2 saturated heterocycles. The molecule has 0 radical (unpaired) electrons. The summed E-state index contributed by atoms with van der Waals surface area (Å²) in [6, 6.07) is 0.323. The molecule has 3 atom stereocenters. The molecular weight excluding hydrogens is 371 g/mol. The minimum Gasteiger partial charge on any atom is -0.373 e. The second-order valence-electron chi connectivity index (χ2n) is 5.14. The highest BCUT2D eigenvalue weighted by Crippen LogP contribution is 2.34. The SMILES string of the molecule is CCCNC(=O)CNC(=NC)NC1CC2CCC1O2.I. The predicted octanol–water partition coefficient (Wildman–Crippen LogP) is 0.615. The van der Waals surface area contributed by atoms with Crippen LogP contribution in [0.2, 0.25) is 0 Å². The van der Waals surface area contributed by atoms with Crippen LogP contribution in [0.5, 0.6) is 0 Å². The van der Waals surface area contributed by atoms with Crippen molar-refractivity contribution in [3.63, 3.8) is 0 Å². The van der Waals surface area contributed by atoms with E-state index in [0.717, 1.165) is 19.3 Å². The van der Waals surface area contributed by atoms with Crippen molar-refractivity contribution < 1.29 is 9.53 Å². The summed E-state index contributed by atoms with van der Waals surface area (Å²) in [6.45, 7) is 3.00. The molecule has 0 aromatic carbocycles. The largest absolute Gasteiger partial charge is 0.373 e. The van der Waals surface area contributed by atoms with Gasteiger partial charge in [0.1, 0.15) is 0 Å². The highest BCUT2D eigenvalue weighted by atomic mass is 127. The van der Waals surface area contributed by atoms with Gasteiger partial charge in [-0.3, -0.25) is 9.79 Å². The van der Waals surface area contributed by atoms with Gasteiger partial charge in [0, 0.05) is 13.6 Å². The maximum Gasteiger partial charge on any atom is 0.239 e. The van der Waals surface area contributed by atoms with Crippen molar-refractivity contribution in [3.8, 4) is 0 Å². The van der Waals surface area contributed by atoms with E-state index in [-0.39, 0.29) is 36.4 Å². The summed E-state index contributed by atoms with van der Waals surface area (Å²) < 4.78 is 5.78. The Kier molecular flexibility index (Phi) is 7.57. The molecule has 0 aliphatic carbocycles. The van der Waals surface area contributed by atoms with Gasteiger partial charge in [0.25, 0.3) is 0 Å². The molecule has 7 heteroatoms. The number of fused-ring (bicyclic) bond motifs is 2. The van der Waals surface area contributed by atoms with Gasteiger partial charge in [-0.05, 0) is 25.7 Å². The zero-order chi connectivity index (χ0) is 13.7. The van der Waals surface area contributed by atoms with E-state index in [0.29, 0.717) is 30.8 Å². The fourth-order valence-electron chi connectivity index (χ4n) is 2.65. The van der Waals surface area contributed by atoms with E-state index < -0.39 is 0 Å². The number of amides is 1. The van der Waals surface area contributed by atoms with Crippen LogP contribution in [0, 0.1) is 0 Å². The van der Waals surface area contributed by atoms with Crippen molar-refractivity contribution in [2.24, 2.45) is 4.99 Å². The maximum absolute atomic E-state index is 11.5. The van der Waals surface area contributed by atoms with E-state index in [1.54, 1.807) is 7.05 Å². The molecule has 2 fully saturated rings. The molecule has 1 amide bonds. The summed E-state index contributed by atoms with van der Waals surface area (Å²) in [5.74, 6) is 0.668. The second-order valence-corrected chi connectivity index (χ2v) is 5.14. The van der Waals surface area contributed by atoms with E-state index in [2.05, 4.69) is 20.9 Å². The normalized spacial score (nSPS) is 27.9. The lowest BCUT2D eigenvalue weighted by molar-refractivity contribution is -0.120. The fourth-order valence-corrected chi connectivity index (χ4v) is 2.65. The number of aliphatic imine (C=N–C) groups is 1. The van der Waals surface area contributed by atoms with E-state index in [1.165, 1.54) is 6.42 Å². The molecule has 20 heavy (non-hydrogen) atoms. The van der Waals surface area contributed by atoms with Gasteiger partial charge in [-0.25, -0.2) is 0 Å². The Morgan fingerprint density at radius 3 is 2.70 bits per heavy atom. The summed E-state index contributed by atoms with van der Waals surface area (Å²) >= 11 is 0. The monoisotopic (exact) mass is 396 g/mol. The Morgan fingerprint density at radius 1 is 1.35 bits per heavy atom. The first kappa shape index (κ1) is 17.5. The molecule has 2 heterocycles. The van der Waals surface area contributed by atoms with Crippen LogP contribution in [0.4, 0.5) is 0 Å². The number of hydrogen-bond donors (Lipinski definition) is 3. The van der Waals surface area contributed by atoms with Crippen LogP contribution in [0.15, 0.2) is 4.99 Å². The third-order valence-corrected chi connectivity index (χ3v) is 3.64. The fraction of sp³-hybridized carbons (Fsp3) is 0.846. The van der Waals surface area contributed by atoms with Gasteiger partial charge in [0.05, 0.1) is 24.8 Å². The van der Waals surface area contributed by atoms with Crippen molar-refractivity contribution in [1.82, 2.24) is 16.0 Å². The van der Waals surface area contributed by atoms with E-state index in [4.69, 9.17) is 4.74 Å². The first-order chi connectivity index (χ1) is 9.22. The van der Waals surface area contributed by atoms with Crippen molar-refractivity contribution in [2.45, 2.75) is 50.9 Å². The molecule has 0 aromatic rings. The molecule has 3 N–H and O–H groups in total. The zero-order valence-corrected chi connectivity index (χ0v) is 14.5. The highest BCUT2D eigenvalue weighted by molar-refractivity contribution is 14.0. The van der Waals surface area contributed by atoms with Crippen LogP contribution < -0.4 is 16.0 Å². The first-order valence-corrected chi connectivity index (χ1v) is 7.12. The van der Waals surface area contributed by atoms with Crippen molar-refractivity contribution >= 4 is 35.8 Å². The minimum absolute atomic E-state index is 0. The Balaban J connectivity index is 0.00000200. The quantitative estimate of drug-likeness (QED) is 0.362. The molecule has 116 valence electrons. The first-order valence-electron chi connectivity index (χ1n) is 7.12. The van der Waals surface area contributed by atoms with Gasteiger partial charge in [0.2, 0.25) is 5.91 Å². The maximum atomic E-state index is 11.5. The van der Waals surface area contributed by atoms with Gasteiger partial charge < -0.3 is 20.7 Å². The van der Waals surface area contributed by atoms with Crippen LogP contribution in [0.3, 0.4) is 0 Å². The Bertz CT molecular complexity index is 351. The molecule has 2 bridgehead atoms. The van der Waals surface area contributed by atoms with E-state index in [1.807, 2.05) is 6.92 Å². The van der Waals surface area contributed by atoms with Crippen LogP contribution >= 0.6 is 24.0 Å². The van der Waals surface area contributed by atoms with Crippen LogP contribution in [-0.2, 0) is 9.53 Å². The van der Waals surface area contributed by atoms with Crippen LogP contribution in [0.1, 0.15) is 32.6 Å². The predicted molar refractivity (Wildman–Crippen MR) is 89.5 cm³/mol. The average Bonchev–Trinajstić information content (AvgIpc) is 3.03. The van der Waals surface area contributed by atoms with Crippen molar-refractivity contribution in [2.75, 3.05) is 20.1 Å². The lowest BCUT2D eigenvalue weighted by atomic mass is 9.96. The molecule has 2 aliphatic rings. The molecule has 0 aromatic heterocycles. The lowest BCUT2D eigenvalue weighted by Crippen LogP contribution is -2.49. The van der Waals surface area contributed by atoms with Gasteiger partial charge in [0.15, 0.2) is 5.96 Å². The molecule has 6 nitrogen and oxygen atoms in total. The van der Waals surface area contributed by atoms with Gasteiger partial charge in [-0.1, -0.05) is 6.92 Å². The number of carbonyl (C=O) groups excluding carboxylic acids is 1. The van der Waals surface area contributed by atoms with E-state index in [9.17, 15) is 4.79 Å². The highest BCUT2D eigenvalue weighted by Gasteiger charge is 2.41. The number of rotatable bonds is 5. The van der Waals surface area contributed by atoms with Gasteiger partial charge in [-0.15, -0.1) is 24.0 Å². The van der Waals surface area contributed by atoms with Gasteiger partial charge in [-0.2, -0.15) is 0 Å². The smallest absolute Gasteiger partial charge is 0.239 e. The molecule has 0 saturated carbocycles. The third-order valence-electron chi connectivity index (χ3n) is 3.64. The van der Waals surface area contributed by atoms with Crippen LogP contribution in [0.25, 0.3) is 0 Å². The standard InChI is InChI=1S/C13H24N4O2.HI/c1-3-6-15-12(18)8-16-13(14-2)17-10-7-9-4-5-11(10)19-9;/h9-11H,3-8H2,1-2H3,(H,15,18)(H2,14,16,17);1H. The minimum atomic E-state index is -0.00556. The lowest BCUT2D eigenvalue weighted by Gasteiger charge is -2.22. The number of nitrogens with zero attached hydrogens (tertiary/aromatic N) is 1. The third kappa shape index (κ3) is 4.76. The Labute approximate surface area is 137 Å². The van der Waals surface area contributed by atoms with Crippen LogP contribution in [-0.4, -0.2) is 50.3 Å². The molecule has 3 unspecified atom stereocenters. The summed E-state index contributed by atoms with van der Waals surface area (Å²) in [6.07, 6.45) is 4.99. The summed E-state index contributed by atoms with van der Waals surface area (Å²) in [4.78, 5) is 15.7. The Morgan fingerprint density at radius 2 is 2.15 bits per heavy atom. The number of nitrogens with one attached hydrogen (secondary N) is 3. The van der Waals surface area contributed by atoms with Crippen molar-refractivity contribution in [3.05, 3.63) is 0 Å². The second kappa shape index (κ2) is 8.66. The number of carbonyl (C=O) groups is 1. The summed E-state index contributed by atoms with van der Waals surface area (Å²) in [5, 5.41) is 9.20. The number of guanidine groups is 1. The topological polar surface area (TPSA) is 74.8 Å². The van der Waals surface area contributed by atoms with Gasteiger partial charge >= 0.3 is 0 Å². The average molecular weight is 396 g/mol.